The van der Waals surface area contributed by atoms with E-state index in [2.05, 4.69) is 18.0 Å². The van der Waals surface area contributed by atoms with E-state index in [1.165, 1.54) is 0 Å². The Balaban J connectivity index is 0. The van der Waals surface area contributed by atoms with E-state index in [0.717, 1.165) is 37.9 Å². The van der Waals surface area contributed by atoms with Crippen LogP contribution < -0.4 is 51.4 Å². The number of hydrogen-bond donors (Lipinski definition) is 1. The molecule has 1 spiro atoms. The minimum absolute atomic E-state index is 0. The SMILES string of the molecule is CC.CC.CC1=[C-]C2(CCN(C)CC2)CC1O.[K+]. The van der Waals surface area contributed by atoms with E-state index >= 15 is 0 Å². The Hall–Kier alpha value is 1.30. The van der Waals surface area contributed by atoms with Gasteiger partial charge < -0.3 is 16.1 Å². The average molecular weight is 280 g/mol. The molecule has 3 heteroatoms. The zero-order chi connectivity index (χ0) is 13.5. The van der Waals surface area contributed by atoms with Gasteiger partial charge in [0.05, 0.1) is 0 Å². The molecule has 1 saturated heterocycles. The Morgan fingerprint density at radius 3 is 1.94 bits per heavy atom. The molecule has 2 nitrogen and oxygen atoms in total. The van der Waals surface area contributed by atoms with Crippen LogP contribution in [0.15, 0.2) is 5.57 Å². The van der Waals surface area contributed by atoms with E-state index in [4.69, 9.17) is 0 Å². The summed E-state index contributed by atoms with van der Waals surface area (Å²) in [5, 5.41) is 9.67. The second kappa shape index (κ2) is 11.0. The molecule has 1 atom stereocenters. The van der Waals surface area contributed by atoms with Crippen LogP contribution in [0.3, 0.4) is 0 Å². The fraction of sp³-hybridized carbons (Fsp3) is 0.867. The summed E-state index contributed by atoms with van der Waals surface area (Å²) >= 11 is 0. The van der Waals surface area contributed by atoms with Crippen molar-refractivity contribution >= 4 is 0 Å². The number of rotatable bonds is 0. The van der Waals surface area contributed by atoms with E-state index in [1.807, 2.05) is 34.6 Å². The standard InChI is InChI=1S/C11H18NO.2C2H6.K/c1-9-7-11(8-10(9)13)3-5-12(2)6-4-11;2*1-2;/h10,13H,3-6,8H2,1-2H3;2*1-2H3;/q-1;;;+1. The van der Waals surface area contributed by atoms with Gasteiger partial charge in [-0.2, -0.15) is 5.41 Å². The predicted molar refractivity (Wildman–Crippen MR) is 74.9 cm³/mol. The van der Waals surface area contributed by atoms with Gasteiger partial charge in [0.25, 0.3) is 0 Å². The normalized spacial score (nSPS) is 25.1. The molecule has 1 fully saturated rings. The number of allylic oxidation sites excluding steroid dienone is 1. The maximum Gasteiger partial charge on any atom is 1.00 e. The van der Waals surface area contributed by atoms with Gasteiger partial charge in [0.15, 0.2) is 0 Å². The first-order chi connectivity index (χ1) is 8.11. The summed E-state index contributed by atoms with van der Waals surface area (Å²) in [4.78, 5) is 2.35. The number of piperidine rings is 1. The molecule has 1 unspecified atom stereocenters. The number of nitrogens with zero attached hydrogens (tertiary/aromatic N) is 1. The molecule has 0 aromatic rings. The van der Waals surface area contributed by atoms with E-state index in [-0.39, 0.29) is 62.9 Å². The van der Waals surface area contributed by atoms with Crippen molar-refractivity contribution in [1.29, 1.82) is 0 Å². The molecule has 0 saturated carbocycles. The van der Waals surface area contributed by atoms with Gasteiger partial charge in [-0.25, -0.2) is 5.57 Å². The maximum atomic E-state index is 9.67. The Kier molecular flexibility index (Phi) is 13.2. The van der Waals surface area contributed by atoms with Crippen molar-refractivity contribution in [3.63, 3.8) is 0 Å². The first-order valence-corrected chi connectivity index (χ1v) is 7.10. The molecule has 102 valence electrons. The third-order valence-corrected chi connectivity index (χ3v) is 3.49. The van der Waals surface area contributed by atoms with Crippen molar-refractivity contribution in [2.45, 2.75) is 60.0 Å². The average Bonchev–Trinajstić information content (AvgIpc) is 2.64. The monoisotopic (exact) mass is 279 g/mol. The van der Waals surface area contributed by atoms with Crippen LogP contribution in [-0.2, 0) is 0 Å². The van der Waals surface area contributed by atoms with Gasteiger partial charge in [-0.1, -0.05) is 47.5 Å². The first-order valence-electron chi connectivity index (χ1n) is 7.10. The Bertz CT molecular complexity index is 233. The van der Waals surface area contributed by atoms with Gasteiger partial charge in [-0.05, 0) is 26.6 Å². The molecular weight excluding hydrogens is 249 g/mol. The molecule has 1 heterocycles. The Morgan fingerprint density at radius 1 is 1.17 bits per heavy atom. The Labute approximate surface area is 157 Å². The molecule has 1 aliphatic carbocycles. The molecule has 1 aliphatic heterocycles. The minimum Gasteiger partial charge on any atom is -0.488 e. The van der Waals surface area contributed by atoms with Crippen LogP contribution in [0.2, 0.25) is 0 Å². The largest absolute Gasteiger partial charge is 1.00 e. The van der Waals surface area contributed by atoms with Crippen molar-refractivity contribution in [3.8, 4) is 0 Å². The molecule has 2 rings (SSSR count). The predicted octanol–water partition coefficient (Wildman–Crippen LogP) is 0.269. The third-order valence-electron chi connectivity index (χ3n) is 3.49. The minimum atomic E-state index is -0.219. The van der Waals surface area contributed by atoms with Crippen molar-refractivity contribution < 1.29 is 56.5 Å². The van der Waals surface area contributed by atoms with Crippen LogP contribution in [-0.4, -0.2) is 36.2 Å². The van der Waals surface area contributed by atoms with Gasteiger partial charge in [-0.3, -0.25) is 0 Å². The summed E-state index contributed by atoms with van der Waals surface area (Å²) in [6, 6.07) is 0. The van der Waals surface area contributed by atoms with Crippen molar-refractivity contribution in [3.05, 3.63) is 11.6 Å². The van der Waals surface area contributed by atoms with Crippen molar-refractivity contribution in [2.24, 2.45) is 5.41 Å². The topological polar surface area (TPSA) is 23.5 Å². The summed E-state index contributed by atoms with van der Waals surface area (Å²) in [6.45, 7) is 12.3. The van der Waals surface area contributed by atoms with Gasteiger partial charge in [0.1, 0.15) is 0 Å². The molecule has 2 aliphatic rings. The molecular formula is C15H30KNO. The number of aliphatic hydroxyl groups is 1. The number of likely N-dealkylation sites (tertiary alicyclic amines) is 1. The number of aliphatic hydroxyl groups excluding tert-OH is 1. The molecule has 0 radical (unpaired) electrons. The van der Waals surface area contributed by atoms with E-state index in [1.54, 1.807) is 0 Å². The van der Waals surface area contributed by atoms with Crippen molar-refractivity contribution in [2.75, 3.05) is 20.1 Å². The second-order valence-electron chi connectivity index (χ2n) is 4.61. The summed E-state index contributed by atoms with van der Waals surface area (Å²) in [6.07, 6.45) is 6.50. The molecule has 0 aromatic carbocycles. The van der Waals surface area contributed by atoms with Gasteiger partial charge in [0, 0.05) is 6.10 Å². The van der Waals surface area contributed by atoms with Gasteiger partial charge in [-0.15, -0.1) is 0 Å². The van der Waals surface area contributed by atoms with Crippen LogP contribution in [0.4, 0.5) is 0 Å². The summed E-state index contributed by atoms with van der Waals surface area (Å²) in [5.41, 5.74) is 1.28. The molecule has 0 aromatic heterocycles. The van der Waals surface area contributed by atoms with E-state index in [9.17, 15) is 5.11 Å². The van der Waals surface area contributed by atoms with Crippen LogP contribution in [0.25, 0.3) is 0 Å². The third kappa shape index (κ3) is 6.16. The molecule has 0 amide bonds. The van der Waals surface area contributed by atoms with E-state index < -0.39 is 0 Å². The molecule has 0 bridgehead atoms. The zero-order valence-electron chi connectivity index (χ0n) is 13.5. The van der Waals surface area contributed by atoms with E-state index in [0.29, 0.717) is 0 Å². The zero-order valence-corrected chi connectivity index (χ0v) is 16.6. The van der Waals surface area contributed by atoms with Crippen LogP contribution >= 0.6 is 0 Å². The molecule has 18 heavy (non-hydrogen) atoms. The smallest absolute Gasteiger partial charge is 0.488 e. The number of hydrogen-bond acceptors (Lipinski definition) is 2. The maximum absolute atomic E-state index is 9.67. The van der Waals surface area contributed by atoms with Crippen molar-refractivity contribution in [1.82, 2.24) is 4.90 Å². The fourth-order valence-corrected chi connectivity index (χ4v) is 2.45. The van der Waals surface area contributed by atoms with Gasteiger partial charge >= 0.3 is 51.4 Å². The Morgan fingerprint density at radius 2 is 1.61 bits per heavy atom. The summed E-state index contributed by atoms with van der Waals surface area (Å²) in [5.74, 6) is 0. The summed E-state index contributed by atoms with van der Waals surface area (Å²) < 4.78 is 0. The van der Waals surface area contributed by atoms with Gasteiger partial charge in [0.2, 0.25) is 0 Å². The van der Waals surface area contributed by atoms with Crippen LogP contribution in [0.5, 0.6) is 0 Å². The fourth-order valence-electron chi connectivity index (χ4n) is 2.45. The quantitative estimate of drug-likeness (QED) is 0.508. The van der Waals surface area contributed by atoms with Crippen LogP contribution in [0, 0.1) is 11.5 Å². The summed E-state index contributed by atoms with van der Waals surface area (Å²) in [7, 11) is 2.16. The van der Waals surface area contributed by atoms with Crippen LogP contribution in [0.1, 0.15) is 53.9 Å². The molecule has 1 N–H and O–H groups in total. The first kappa shape index (κ1) is 21.6. The second-order valence-corrected chi connectivity index (χ2v) is 4.61.